The van der Waals surface area contributed by atoms with E-state index in [0.29, 0.717) is 28.7 Å². The molecule has 1 aliphatic rings. The molecule has 0 spiro atoms. The number of Topliss-reactive ketones (excluding diaryl/α,β-unsaturated/α-hetero) is 1. The first-order chi connectivity index (χ1) is 18.6. The zero-order valence-electron chi connectivity index (χ0n) is 20.6. The van der Waals surface area contributed by atoms with Crippen LogP contribution in [0.25, 0.3) is 11.0 Å². The van der Waals surface area contributed by atoms with Crippen LogP contribution >= 0.6 is 0 Å². The van der Waals surface area contributed by atoms with Gasteiger partial charge in [0.05, 0.1) is 5.56 Å². The van der Waals surface area contributed by atoms with Gasteiger partial charge in [-0.25, -0.2) is 8.42 Å². The van der Waals surface area contributed by atoms with Crippen LogP contribution in [0.3, 0.4) is 0 Å². The molecule has 0 saturated carbocycles. The number of para-hydroxylation sites is 1. The molecule has 202 valence electrons. The Morgan fingerprint density at radius 2 is 1.74 bits per heavy atom. The van der Waals surface area contributed by atoms with E-state index in [2.05, 4.69) is 0 Å². The van der Waals surface area contributed by atoms with E-state index in [-0.39, 0.29) is 30.4 Å². The fourth-order valence-electron chi connectivity index (χ4n) is 4.38. The van der Waals surface area contributed by atoms with Gasteiger partial charge in [-0.15, -0.1) is 0 Å². The number of benzene rings is 3. The monoisotopic (exact) mass is 555 g/mol. The van der Waals surface area contributed by atoms with E-state index in [4.69, 9.17) is 9.15 Å². The molecule has 39 heavy (non-hydrogen) atoms. The van der Waals surface area contributed by atoms with Crippen LogP contribution in [0.4, 0.5) is 13.2 Å². The van der Waals surface area contributed by atoms with E-state index >= 15 is 0 Å². The van der Waals surface area contributed by atoms with Crippen molar-refractivity contribution in [2.75, 3.05) is 6.54 Å². The minimum absolute atomic E-state index is 0.0725. The lowest BCUT2D eigenvalue weighted by molar-refractivity contribution is -0.137. The van der Waals surface area contributed by atoms with Crippen LogP contribution in [-0.4, -0.2) is 31.1 Å². The summed E-state index contributed by atoms with van der Waals surface area (Å²) in [5.41, 5.74) is 1.12. The normalized spacial score (nSPS) is 16.1. The number of aryl methyl sites for hydroxylation is 1. The maximum atomic E-state index is 13.3. The molecule has 0 radical (unpaired) electrons. The number of fused-ring (bicyclic) bond motifs is 1. The predicted molar refractivity (Wildman–Crippen MR) is 139 cm³/mol. The molecule has 1 aromatic heterocycles. The lowest BCUT2D eigenvalue weighted by Crippen LogP contribution is -2.40. The number of alkyl halides is 3. The molecule has 1 aliphatic heterocycles. The number of ether oxygens (including phenoxy) is 1. The molecule has 0 amide bonds. The molecule has 0 N–H and O–H groups in total. The number of carbonyl (C=O) groups is 1. The van der Waals surface area contributed by atoms with Crippen molar-refractivity contribution < 1.29 is 35.5 Å². The summed E-state index contributed by atoms with van der Waals surface area (Å²) in [4.78, 5) is 13.1. The Morgan fingerprint density at radius 1 is 0.974 bits per heavy atom. The first kappa shape index (κ1) is 26.7. The predicted octanol–water partition coefficient (Wildman–Crippen LogP) is 6.16. The summed E-state index contributed by atoms with van der Waals surface area (Å²) in [6, 6.07) is 19.3. The van der Waals surface area contributed by atoms with Gasteiger partial charge >= 0.3 is 6.18 Å². The van der Waals surface area contributed by atoms with Crippen molar-refractivity contribution in [3.63, 3.8) is 0 Å². The lowest BCUT2D eigenvalue weighted by atomic mass is 10.0. The minimum atomic E-state index is -4.39. The number of furan rings is 1. The molecule has 1 unspecified atom stereocenters. The molecule has 6 nitrogen and oxygen atoms in total. The molecule has 0 aliphatic carbocycles. The maximum Gasteiger partial charge on any atom is 0.416 e. The lowest BCUT2D eigenvalue weighted by Gasteiger charge is -2.21. The van der Waals surface area contributed by atoms with Crippen molar-refractivity contribution in [2.45, 2.75) is 36.8 Å². The SMILES string of the molecule is O=C(CCc1cccc(OCc2ccc(C(F)(F)F)cc2)c1)C1C=CCN1S(=O)(=O)c1cc2ccccc2o1. The third kappa shape index (κ3) is 5.91. The Hall–Kier alpha value is -3.89. The summed E-state index contributed by atoms with van der Waals surface area (Å²) in [5.74, 6) is 0.259. The van der Waals surface area contributed by atoms with Crippen LogP contribution in [0.5, 0.6) is 5.75 Å². The maximum absolute atomic E-state index is 13.3. The quantitative estimate of drug-likeness (QED) is 0.231. The summed E-state index contributed by atoms with van der Waals surface area (Å²) in [7, 11) is -4.03. The number of ketones is 1. The smallest absolute Gasteiger partial charge is 0.416 e. The van der Waals surface area contributed by atoms with E-state index in [1.165, 1.54) is 18.2 Å². The van der Waals surface area contributed by atoms with Crippen LogP contribution in [0, 0.1) is 0 Å². The molecule has 0 saturated heterocycles. The average molecular weight is 556 g/mol. The van der Waals surface area contributed by atoms with Crippen molar-refractivity contribution in [2.24, 2.45) is 0 Å². The Labute approximate surface area is 223 Å². The van der Waals surface area contributed by atoms with E-state index in [1.54, 1.807) is 54.6 Å². The molecule has 3 aromatic carbocycles. The topological polar surface area (TPSA) is 76.8 Å². The molecule has 5 rings (SSSR count). The number of sulfonamides is 1. The molecule has 1 atom stereocenters. The van der Waals surface area contributed by atoms with Crippen molar-refractivity contribution in [1.29, 1.82) is 0 Å². The highest BCUT2D eigenvalue weighted by atomic mass is 32.2. The van der Waals surface area contributed by atoms with Gasteiger partial charge in [0.2, 0.25) is 5.09 Å². The number of nitrogens with zero attached hydrogens (tertiary/aromatic N) is 1. The van der Waals surface area contributed by atoms with Gasteiger partial charge in [0, 0.05) is 24.4 Å². The van der Waals surface area contributed by atoms with Gasteiger partial charge < -0.3 is 9.15 Å². The summed E-state index contributed by atoms with van der Waals surface area (Å²) in [6.07, 6.45) is -0.693. The third-order valence-corrected chi connectivity index (χ3v) is 8.16. The molecule has 0 fully saturated rings. The van der Waals surface area contributed by atoms with E-state index < -0.39 is 27.8 Å². The van der Waals surface area contributed by atoms with Crippen molar-refractivity contribution in [3.05, 3.63) is 108 Å². The largest absolute Gasteiger partial charge is 0.489 e. The first-order valence-corrected chi connectivity index (χ1v) is 13.6. The molecule has 10 heteroatoms. The molecule has 2 heterocycles. The third-order valence-electron chi connectivity index (χ3n) is 6.46. The molecular weight excluding hydrogens is 531 g/mol. The highest BCUT2D eigenvalue weighted by molar-refractivity contribution is 7.89. The van der Waals surface area contributed by atoms with Crippen LogP contribution < -0.4 is 4.74 Å². The van der Waals surface area contributed by atoms with Crippen LogP contribution in [0.1, 0.15) is 23.1 Å². The van der Waals surface area contributed by atoms with Gasteiger partial charge in [0.25, 0.3) is 10.0 Å². The Bertz CT molecular complexity index is 1590. The average Bonchev–Trinajstić information content (AvgIpc) is 3.59. The number of carbonyl (C=O) groups excluding carboxylic acids is 1. The number of hydrogen-bond donors (Lipinski definition) is 0. The van der Waals surface area contributed by atoms with Crippen LogP contribution in [0.2, 0.25) is 0 Å². The summed E-state index contributed by atoms with van der Waals surface area (Å²) >= 11 is 0. The van der Waals surface area contributed by atoms with Crippen LogP contribution in [0.15, 0.2) is 101 Å². The summed E-state index contributed by atoms with van der Waals surface area (Å²) in [6.45, 7) is 0.158. The number of halogens is 3. The second kappa shape index (κ2) is 10.7. The zero-order chi connectivity index (χ0) is 27.6. The van der Waals surface area contributed by atoms with E-state index in [9.17, 15) is 26.4 Å². The highest BCUT2D eigenvalue weighted by Crippen LogP contribution is 2.30. The second-order valence-corrected chi connectivity index (χ2v) is 11.0. The first-order valence-electron chi connectivity index (χ1n) is 12.2. The van der Waals surface area contributed by atoms with Crippen LogP contribution in [-0.2, 0) is 34.0 Å². The minimum Gasteiger partial charge on any atom is -0.489 e. The van der Waals surface area contributed by atoms with Gasteiger partial charge in [-0.05, 0) is 47.9 Å². The zero-order valence-corrected chi connectivity index (χ0v) is 21.4. The molecular formula is C29H24F3NO5S. The Kier molecular flexibility index (Phi) is 7.33. The Balaban J connectivity index is 1.20. The molecule has 0 bridgehead atoms. The highest BCUT2D eigenvalue weighted by Gasteiger charge is 2.38. The summed E-state index contributed by atoms with van der Waals surface area (Å²) < 4.78 is 77.2. The fourth-order valence-corrected chi connectivity index (χ4v) is 5.85. The van der Waals surface area contributed by atoms with E-state index in [0.717, 1.165) is 22.0 Å². The van der Waals surface area contributed by atoms with Gasteiger partial charge in [-0.2, -0.15) is 17.5 Å². The molecule has 4 aromatic rings. The van der Waals surface area contributed by atoms with Crippen molar-refractivity contribution >= 4 is 26.8 Å². The number of hydrogen-bond acceptors (Lipinski definition) is 5. The number of rotatable bonds is 9. The van der Waals surface area contributed by atoms with Crippen molar-refractivity contribution in [1.82, 2.24) is 4.31 Å². The van der Waals surface area contributed by atoms with Gasteiger partial charge in [-0.3, -0.25) is 4.79 Å². The summed E-state index contributed by atoms with van der Waals surface area (Å²) in [5, 5.41) is 0.453. The standard InChI is InChI=1S/C29H24F3NO5S/c30-29(31,32)23-13-10-21(11-14-23)19-37-24-7-3-5-20(17-24)12-15-26(34)25-8-4-16-33(25)39(35,36)28-18-22-6-1-2-9-27(22)38-28/h1-11,13-14,17-18,25H,12,15-16,19H2. The van der Waals surface area contributed by atoms with Gasteiger partial charge in [0.1, 0.15) is 24.0 Å². The van der Waals surface area contributed by atoms with Crippen molar-refractivity contribution in [3.8, 4) is 5.75 Å². The Morgan fingerprint density at radius 3 is 2.49 bits per heavy atom. The second-order valence-electron chi connectivity index (χ2n) is 9.15. The van der Waals surface area contributed by atoms with Gasteiger partial charge in [-0.1, -0.05) is 54.6 Å². The fraction of sp³-hybridized carbons (Fsp3) is 0.207. The van der Waals surface area contributed by atoms with Gasteiger partial charge in [0.15, 0.2) is 5.78 Å². The van der Waals surface area contributed by atoms with E-state index in [1.807, 2.05) is 6.07 Å².